The number of carbonyl (C=O) groups is 1. The van der Waals surface area contributed by atoms with Gasteiger partial charge in [0.2, 0.25) is 0 Å². The second kappa shape index (κ2) is 14.3. The molecule has 0 aromatic rings. The summed E-state index contributed by atoms with van der Waals surface area (Å²) < 4.78 is 4.75. The zero-order valence-corrected chi connectivity index (χ0v) is 10.2. The molecule has 0 aliphatic rings. The Balaban J connectivity index is 0. The summed E-state index contributed by atoms with van der Waals surface area (Å²) in [6, 6.07) is 0. The van der Waals surface area contributed by atoms with Gasteiger partial charge in [0.05, 0.1) is 19.8 Å². The van der Waals surface area contributed by atoms with Gasteiger partial charge in [0.15, 0.2) is 0 Å². The molecule has 16 heavy (non-hydrogen) atoms. The molecule has 0 aromatic carbocycles. The number of carbonyl (C=O) groups excluding carboxylic acids is 1. The molecule has 0 aliphatic carbocycles. The molecule has 0 saturated heterocycles. The lowest BCUT2D eigenvalue weighted by atomic mass is 10.2. The third-order valence-corrected chi connectivity index (χ3v) is 1.72. The Morgan fingerprint density at radius 2 is 1.75 bits per heavy atom. The number of unbranched alkanes of at least 4 members (excludes halogenated alkanes) is 3. The Morgan fingerprint density at radius 1 is 1.19 bits per heavy atom. The van der Waals surface area contributed by atoms with Gasteiger partial charge in [0.1, 0.15) is 6.10 Å². The Bertz CT molecular complexity index is 145. The lowest BCUT2D eigenvalue weighted by molar-refractivity contribution is -0.141. The Morgan fingerprint density at radius 3 is 2.06 bits per heavy atom. The van der Waals surface area contributed by atoms with Crippen molar-refractivity contribution in [3.05, 3.63) is 0 Å². The molecule has 0 amide bonds. The van der Waals surface area contributed by atoms with E-state index in [0.29, 0.717) is 6.61 Å². The van der Waals surface area contributed by atoms with Gasteiger partial charge in [0.25, 0.3) is 0 Å². The zero-order chi connectivity index (χ0) is 12.8. The first kappa shape index (κ1) is 17.7. The maximum Gasteiger partial charge on any atom is 0.302 e. The quantitative estimate of drug-likeness (QED) is 0.441. The number of rotatable bonds is 7. The summed E-state index contributed by atoms with van der Waals surface area (Å²) in [4.78, 5) is 10.3. The molecule has 98 valence electrons. The van der Waals surface area contributed by atoms with Crippen molar-refractivity contribution in [1.82, 2.24) is 0 Å². The van der Waals surface area contributed by atoms with Gasteiger partial charge in [0, 0.05) is 6.92 Å². The zero-order valence-electron chi connectivity index (χ0n) is 10.2. The summed E-state index contributed by atoms with van der Waals surface area (Å²) >= 11 is 0. The van der Waals surface area contributed by atoms with Gasteiger partial charge in [-0.3, -0.25) is 4.79 Å². The predicted octanol–water partition coefficient (Wildman–Crippen LogP) is 0.462. The second-order valence-electron chi connectivity index (χ2n) is 3.42. The highest BCUT2D eigenvalue weighted by Crippen LogP contribution is 1.98. The Labute approximate surface area is 97.1 Å². The maximum absolute atomic E-state index is 10.3. The predicted molar refractivity (Wildman–Crippen MR) is 61.0 cm³/mol. The number of aliphatic hydroxyl groups is 3. The number of hydrogen-bond donors (Lipinski definition) is 3. The van der Waals surface area contributed by atoms with Crippen LogP contribution in [0, 0.1) is 0 Å². The van der Waals surface area contributed by atoms with E-state index >= 15 is 0 Å². The minimum absolute atomic E-state index is 0.170. The van der Waals surface area contributed by atoms with Crippen molar-refractivity contribution in [2.75, 3.05) is 19.8 Å². The van der Waals surface area contributed by atoms with E-state index in [1.54, 1.807) is 0 Å². The van der Waals surface area contributed by atoms with Crippen LogP contribution in [0.4, 0.5) is 0 Å². The average molecular weight is 236 g/mol. The molecule has 0 radical (unpaired) electrons. The van der Waals surface area contributed by atoms with Crippen molar-refractivity contribution < 1.29 is 24.9 Å². The second-order valence-corrected chi connectivity index (χ2v) is 3.42. The van der Waals surface area contributed by atoms with E-state index in [0.717, 1.165) is 6.42 Å². The SMILES string of the molecule is CCCCCCOC(C)=O.OCC(O)CO. The highest BCUT2D eigenvalue weighted by Gasteiger charge is 1.93. The molecule has 0 atom stereocenters. The van der Waals surface area contributed by atoms with Gasteiger partial charge in [-0.25, -0.2) is 0 Å². The van der Waals surface area contributed by atoms with E-state index in [9.17, 15) is 4.79 Å². The molecule has 0 fully saturated rings. The van der Waals surface area contributed by atoms with Crippen LogP contribution in [0.2, 0.25) is 0 Å². The number of ether oxygens (including phenoxy) is 1. The van der Waals surface area contributed by atoms with Crippen LogP contribution in [0.1, 0.15) is 39.5 Å². The van der Waals surface area contributed by atoms with Crippen LogP contribution in [0.5, 0.6) is 0 Å². The molecule has 0 rings (SSSR count). The van der Waals surface area contributed by atoms with Gasteiger partial charge in [-0.05, 0) is 6.42 Å². The molecular weight excluding hydrogens is 212 g/mol. The molecule has 0 saturated carbocycles. The number of aliphatic hydroxyl groups excluding tert-OH is 3. The summed E-state index contributed by atoms with van der Waals surface area (Å²) in [5.41, 5.74) is 0. The van der Waals surface area contributed by atoms with E-state index in [1.165, 1.54) is 26.2 Å². The van der Waals surface area contributed by atoms with Gasteiger partial charge in [-0.2, -0.15) is 0 Å². The molecule has 0 bridgehead atoms. The van der Waals surface area contributed by atoms with Crippen molar-refractivity contribution in [2.45, 2.75) is 45.6 Å². The van der Waals surface area contributed by atoms with Crippen LogP contribution in [0.15, 0.2) is 0 Å². The van der Waals surface area contributed by atoms with Crippen LogP contribution in [0.3, 0.4) is 0 Å². The highest BCUT2D eigenvalue weighted by molar-refractivity contribution is 5.65. The van der Waals surface area contributed by atoms with Gasteiger partial charge in [-0.1, -0.05) is 26.2 Å². The average Bonchev–Trinajstić information content (AvgIpc) is 2.28. The molecule has 0 aliphatic heterocycles. The Kier molecular flexibility index (Phi) is 15.9. The first-order chi connectivity index (χ1) is 7.58. The molecular formula is C11H24O5. The first-order valence-electron chi connectivity index (χ1n) is 5.61. The highest BCUT2D eigenvalue weighted by atomic mass is 16.5. The summed E-state index contributed by atoms with van der Waals surface area (Å²) in [7, 11) is 0. The van der Waals surface area contributed by atoms with Crippen molar-refractivity contribution in [3.63, 3.8) is 0 Å². The molecule has 0 aromatic heterocycles. The van der Waals surface area contributed by atoms with Gasteiger partial charge >= 0.3 is 5.97 Å². The van der Waals surface area contributed by atoms with Crippen molar-refractivity contribution >= 4 is 5.97 Å². The fourth-order valence-electron chi connectivity index (χ4n) is 0.802. The summed E-state index contributed by atoms with van der Waals surface area (Å²) in [5, 5.41) is 24.0. The van der Waals surface area contributed by atoms with Crippen LogP contribution in [0.25, 0.3) is 0 Å². The molecule has 0 spiro atoms. The maximum atomic E-state index is 10.3. The van der Waals surface area contributed by atoms with Crippen LogP contribution < -0.4 is 0 Å². The van der Waals surface area contributed by atoms with E-state index in [4.69, 9.17) is 20.1 Å². The normalized spacial score (nSPS) is 9.62. The Hall–Kier alpha value is -0.650. The lowest BCUT2D eigenvalue weighted by Crippen LogP contribution is -2.15. The minimum Gasteiger partial charge on any atom is -0.466 e. The van der Waals surface area contributed by atoms with Gasteiger partial charge < -0.3 is 20.1 Å². The lowest BCUT2D eigenvalue weighted by Gasteiger charge is -1.99. The molecule has 0 unspecified atom stereocenters. The van der Waals surface area contributed by atoms with Crippen LogP contribution >= 0.6 is 0 Å². The fourth-order valence-corrected chi connectivity index (χ4v) is 0.802. The van der Waals surface area contributed by atoms with Crippen molar-refractivity contribution in [2.24, 2.45) is 0 Å². The van der Waals surface area contributed by atoms with E-state index < -0.39 is 6.10 Å². The first-order valence-corrected chi connectivity index (χ1v) is 5.61. The van der Waals surface area contributed by atoms with Crippen LogP contribution in [-0.4, -0.2) is 47.2 Å². The van der Waals surface area contributed by atoms with E-state index in [-0.39, 0.29) is 19.2 Å². The fraction of sp³-hybridized carbons (Fsp3) is 0.909. The summed E-state index contributed by atoms with van der Waals surface area (Å²) in [5.74, 6) is -0.170. The van der Waals surface area contributed by atoms with Crippen molar-refractivity contribution in [1.29, 1.82) is 0 Å². The number of esters is 1. The van der Waals surface area contributed by atoms with E-state index in [2.05, 4.69) is 6.92 Å². The standard InChI is InChI=1S/C8H16O2.C3H8O3/c1-3-4-5-6-7-10-8(2)9;4-1-3(6)2-5/h3-7H2,1-2H3;3-6H,1-2H2. The van der Waals surface area contributed by atoms with Gasteiger partial charge in [-0.15, -0.1) is 0 Å². The molecule has 3 N–H and O–H groups in total. The largest absolute Gasteiger partial charge is 0.466 e. The third kappa shape index (κ3) is 19.0. The monoisotopic (exact) mass is 236 g/mol. The summed E-state index contributed by atoms with van der Waals surface area (Å²) in [6.45, 7) is 3.47. The molecule has 5 nitrogen and oxygen atoms in total. The molecule has 5 heteroatoms. The van der Waals surface area contributed by atoms with Crippen molar-refractivity contribution in [3.8, 4) is 0 Å². The number of hydrogen-bond acceptors (Lipinski definition) is 5. The molecule has 0 heterocycles. The van der Waals surface area contributed by atoms with Crippen LogP contribution in [-0.2, 0) is 9.53 Å². The minimum atomic E-state index is -0.954. The topological polar surface area (TPSA) is 87.0 Å². The van der Waals surface area contributed by atoms with E-state index in [1.807, 2.05) is 0 Å². The third-order valence-electron chi connectivity index (χ3n) is 1.72. The smallest absolute Gasteiger partial charge is 0.302 e. The summed E-state index contributed by atoms with van der Waals surface area (Å²) in [6.07, 6.45) is 3.68.